The standard InChI is InChI=1S/C18H19FN2O4/c1-2-24-17(22)13-6-8-15(9-7-13)21-18(23)20-10-11-25-16-5-3-4-14(19)12-16/h3-9,12H,2,10-11H2,1H3,(H2,20,21,23). The predicted octanol–water partition coefficient (Wildman–Crippen LogP) is 3.20. The van der Waals surface area contributed by atoms with Gasteiger partial charge in [-0.3, -0.25) is 0 Å². The van der Waals surface area contributed by atoms with Crippen molar-refractivity contribution in [3.8, 4) is 5.75 Å². The maximum absolute atomic E-state index is 13.0. The number of carbonyl (C=O) groups excluding carboxylic acids is 2. The van der Waals surface area contributed by atoms with E-state index >= 15 is 0 Å². The molecular formula is C18H19FN2O4. The molecule has 2 aromatic carbocycles. The zero-order chi connectivity index (χ0) is 18.1. The highest BCUT2D eigenvalue weighted by atomic mass is 19.1. The lowest BCUT2D eigenvalue weighted by atomic mass is 10.2. The summed E-state index contributed by atoms with van der Waals surface area (Å²) in [6, 6.07) is 11.7. The second-order valence-corrected chi connectivity index (χ2v) is 4.98. The summed E-state index contributed by atoms with van der Waals surface area (Å²) in [5.41, 5.74) is 0.952. The fourth-order valence-electron chi connectivity index (χ4n) is 1.97. The molecule has 0 radical (unpaired) electrons. The molecule has 7 heteroatoms. The molecule has 25 heavy (non-hydrogen) atoms. The van der Waals surface area contributed by atoms with Crippen molar-refractivity contribution in [2.24, 2.45) is 0 Å². The van der Waals surface area contributed by atoms with Gasteiger partial charge in [-0.05, 0) is 43.3 Å². The number of halogens is 1. The normalized spacial score (nSPS) is 10.0. The van der Waals surface area contributed by atoms with Crippen LogP contribution in [0, 0.1) is 5.82 Å². The highest BCUT2D eigenvalue weighted by molar-refractivity contribution is 5.92. The van der Waals surface area contributed by atoms with Gasteiger partial charge >= 0.3 is 12.0 Å². The van der Waals surface area contributed by atoms with E-state index in [0.29, 0.717) is 23.6 Å². The summed E-state index contributed by atoms with van der Waals surface area (Å²) in [4.78, 5) is 23.3. The largest absolute Gasteiger partial charge is 0.492 e. The van der Waals surface area contributed by atoms with Crippen LogP contribution >= 0.6 is 0 Å². The average molecular weight is 346 g/mol. The Kier molecular flexibility index (Phi) is 6.76. The van der Waals surface area contributed by atoms with E-state index in [2.05, 4.69) is 10.6 Å². The van der Waals surface area contributed by atoms with E-state index in [1.165, 1.54) is 12.1 Å². The van der Waals surface area contributed by atoms with Crippen LogP contribution in [0.5, 0.6) is 5.75 Å². The smallest absolute Gasteiger partial charge is 0.338 e. The third-order valence-electron chi connectivity index (χ3n) is 3.11. The van der Waals surface area contributed by atoms with Crippen molar-refractivity contribution in [3.63, 3.8) is 0 Å². The van der Waals surface area contributed by atoms with Crippen molar-refractivity contribution in [3.05, 3.63) is 59.9 Å². The minimum atomic E-state index is -0.410. The molecule has 2 rings (SSSR count). The van der Waals surface area contributed by atoms with E-state index in [1.54, 1.807) is 43.3 Å². The van der Waals surface area contributed by atoms with Crippen molar-refractivity contribution in [2.75, 3.05) is 25.1 Å². The Morgan fingerprint density at radius 1 is 1.12 bits per heavy atom. The molecule has 2 amide bonds. The number of amides is 2. The third kappa shape index (κ3) is 6.14. The number of carbonyl (C=O) groups is 2. The summed E-state index contributed by atoms with van der Waals surface area (Å²) in [7, 11) is 0. The quantitative estimate of drug-likeness (QED) is 0.596. The first-order valence-electron chi connectivity index (χ1n) is 7.79. The minimum absolute atomic E-state index is 0.207. The Bertz CT molecular complexity index is 719. The summed E-state index contributed by atoms with van der Waals surface area (Å²) in [5.74, 6) is -0.390. The molecule has 2 aromatic rings. The molecule has 132 valence electrons. The fourth-order valence-corrected chi connectivity index (χ4v) is 1.97. The van der Waals surface area contributed by atoms with E-state index in [9.17, 15) is 14.0 Å². The molecule has 0 saturated heterocycles. The first kappa shape index (κ1) is 18.3. The van der Waals surface area contributed by atoms with E-state index < -0.39 is 12.0 Å². The van der Waals surface area contributed by atoms with Gasteiger partial charge < -0.3 is 20.1 Å². The Balaban J connectivity index is 1.72. The third-order valence-corrected chi connectivity index (χ3v) is 3.11. The molecule has 0 unspecified atom stereocenters. The Labute approximate surface area is 144 Å². The first-order chi connectivity index (χ1) is 12.1. The SMILES string of the molecule is CCOC(=O)c1ccc(NC(=O)NCCOc2cccc(F)c2)cc1. The van der Waals surface area contributed by atoms with Crippen molar-refractivity contribution >= 4 is 17.7 Å². The topological polar surface area (TPSA) is 76.7 Å². The van der Waals surface area contributed by atoms with Crippen LogP contribution in [0.4, 0.5) is 14.9 Å². The summed E-state index contributed by atoms with van der Waals surface area (Å²) >= 11 is 0. The monoisotopic (exact) mass is 346 g/mol. The van der Waals surface area contributed by atoms with Crippen LogP contribution < -0.4 is 15.4 Å². The van der Waals surface area contributed by atoms with Crippen molar-refractivity contribution in [1.82, 2.24) is 5.32 Å². The van der Waals surface area contributed by atoms with Gasteiger partial charge in [-0.1, -0.05) is 6.07 Å². The van der Waals surface area contributed by atoms with Crippen LogP contribution in [0.1, 0.15) is 17.3 Å². The van der Waals surface area contributed by atoms with Crippen LogP contribution in [0.15, 0.2) is 48.5 Å². The second kappa shape index (κ2) is 9.27. The van der Waals surface area contributed by atoms with Gasteiger partial charge in [-0.15, -0.1) is 0 Å². The second-order valence-electron chi connectivity index (χ2n) is 4.98. The molecule has 0 aliphatic carbocycles. The number of rotatable bonds is 7. The average Bonchev–Trinajstić information content (AvgIpc) is 2.60. The fraction of sp³-hybridized carbons (Fsp3) is 0.222. The van der Waals surface area contributed by atoms with Crippen LogP contribution in [-0.2, 0) is 4.74 Å². The van der Waals surface area contributed by atoms with Crippen LogP contribution in [-0.4, -0.2) is 31.8 Å². The molecule has 0 aromatic heterocycles. The van der Waals surface area contributed by atoms with Crippen LogP contribution in [0.3, 0.4) is 0 Å². The molecule has 0 heterocycles. The van der Waals surface area contributed by atoms with Crippen molar-refractivity contribution < 1.29 is 23.5 Å². The van der Waals surface area contributed by atoms with Gasteiger partial charge in [0.1, 0.15) is 18.2 Å². The Morgan fingerprint density at radius 2 is 1.88 bits per heavy atom. The van der Waals surface area contributed by atoms with Gasteiger partial charge in [-0.25, -0.2) is 14.0 Å². The zero-order valence-corrected chi connectivity index (χ0v) is 13.8. The molecule has 0 spiro atoms. The molecule has 0 aliphatic heterocycles. The maximum Gasteiger partial charge on any atom is 0.338 e. The summed E-state index contributed by atoms with van der Waals surface area (Å²) in [5, 5.41) is 5.24. The molecule has 0 fully saturated rings. The lowest BCUT2D eigenvalue weighted by molar-refractivity contribution is 0.0526. The summed E-state index contributed by atoms with van der Waals surface area (Å²) in [6.07, 6.45) is 0. The summed E-state index contributed by atoms with van der Waals surface area (Å²) < 4.78 is 23.2. The Hall–Kier alpha value is -3.09. The van der Waals surface area contributed by atoms with Gasteiger partial charge in [0.05, 0.1) is 18.7 Å². The molecule has 6 nitrogen and oxygen atoms in total. The van der Waals surface area contributed by atoms with Crippen LogP contribution in [0.25, 0.3) is 0 Å². The number of esters is 1. The molecule has 0 atom stereocenters. The summed E-state index contributed by atoms with van der Waals surface area (Å²) in [6.45, 7) is 2.50. The Morgan fingerprint density at radius 3 is 2.56 bits per heavy atom. The van der Waals surface area contributed by atoms with Crippen molar-refractivity contribution in [1.29, 1.82) is 0 Å². The van der Waals surface area contributed by atoms with Gasteiger partial charge in [-0.2, -0.15) is 0 Å². The van der Waals surface area contributed by atoms with Gasteiger partial charge in [0.2, 0.25) is 0 Å². The first-order valence-corrected chi connectivity index (χ1v) is 7.79. The number of benzene rings is 2. The highest BCUT2D eigenvalue weighted by Gasteiger charge is 2.07. The molecule has 0 aliphatic rings. The highest BCUT2D eigenvalue weighted by Crippen LogP contribution is 2.12. The van der Waals surface area contributed by atoms with Gasteiger partial charge in [0.25, 0.3) is 0 Å². The zero-order valence-electron chi connectivity index (χ0n) is 13.8. The lowest BCUT2D eigenvalue weighted by Crippen LogP contribution is -2.32. The number of anilines is 1. The van der Waals surface area contributed by atoms with Crippen molar-refractivity contribution in [2.45, 2.75) is 6.92 Å². The number of ether oxygens (including phenoxy) is 2. The van der Waals surface area contributed by atoms with Gasteiger partial charge in [0, 0.05) is 11.8 Å². The number of urea groups is 1. The van der Waals surface area contributed by atoms with E-state index in [4.69, 9.17) is 9.47 Å². The molecule has 0 saturated carbocycles. The minimum Gasteiger partial charge on any atom is -0.492 e. The number of hydrogen-bond donors (Lipinski definition) is 2. The predicted molar refractivity (Wildman–Crippen MR) is 91.3 cm³/mol. The maximum atomic E-state index is 13.0. The van der Waals surface area contributed by atoms with E-state index in [0.717, 1.165) is 0 Å². The number of hydrogen-bond acceptors (Lipinski definition) is 4. The van der Waals surface area contributed by atoms with E-state index in [-0.39, 0.29) is 19.0 Å². The van der Waals surface area contributed by atoms with E-state index in [1.807, 2.05) is 0 Å². The number of nitrogens with one attached hydrogen (secondary N) is 2. The molecular weight excluding hydrogens is 327 g/mol. The molecule has 2 N–H and O–H groups in total. The van der Waals surface area contributed by atoms with Crippen LogP contribution in [0.2, 0.25) is 0 Å². The molecule has 0 bridgehead atoms. The van der Waals surface area contributed by atoms with Gasteiger partial charge in [0.15, 0.2) is 0 Å². The lowest BCUT2D eigenvalue weighted by Gasteiger charge is -2.09.